The lowest BCUT2D eigenvalue weighted by Gasteiger charge is -2.09. The molecule has 1 atom stereocenters. The molecule has 2 rings (SSSR count). The van der Waals surface area contributed by atoms with Crippen LogP contribution < -0.4 is 4.72 Å². The Hall–Kier alpha value is -0.470. The van der Waals surface area contributed by atoms with Crippen LogP contribution in [0, 0.1) is 0 Å². The molecule has 1 unspecified atom stereocenters. The van der Waals surface area contributed by atoms with E-state index in [-0.39, 0.29) is 17.6 Å². The quantitative estimate of drug-likeness (QED) is 0.822. The van der Waals surface area contributed by atoms with Gasteiger partial charge in [0.25, 0.3) is 0 Å². The lowest BCUT2D eigenvalue weighted by Crippen LogP contribution is -2.26. The second-order valence-electron chi connectivity index (χ2n) is 4.23. The maximum Gasteiger partial charge on any atom is 0.241 e. The van der Waals surface area contributed by atoms with Crippen molar-refractivity contribution in [1.29, 1.82) is 0 Å². The zero-order valence-corrected chi connectivity index (χ0v) is 11.6. The molecular weight excluding hydrogens is 274 g/mol. The van der Waals surface area contributed by atoms with Gasteiger partial charge in [-0.25, -0.2) is 13.1 Å². The third-order valence-corrected chi connectivity index (χ3v) is 5.39. The zero-order valence-electron chi connectivity index (χ0n) is 9.96. The first-order chi connectivity index (χ1) is 8.62. The normalized spacial score (nSPS) is 20.4. The van der Waals surface area contributed by atoms with Crippen LogP contribution >= 0.6 is 11.3 Å². The van der Waals surface area contributed by atoms with Crippen molar-refractivity contribution in [2.24, 2.45) is 0 Å². The van der Waals surface area contributed by atoms with E-state index in [9.17, 15) is 8.42 Å². The van der Waals surface area contributed by atoms with Crippen molar-refractivity contribution < 1.29 is 18.3 Å². The van der Waals surface area contributed by atoms with E-state index in [2.05, 4.69) is 4.72 Å². The molecule has 2 heterocycles. The highest BCUT2D eigenvalue weighted by Gasteiger charge is 2.19. The molecule has 1 aliphatic rings. The van der Waals surface area contributed by atoms with Crippen molar-refractivity contribution in [3.8, 4) is 0 Å². The summed E-state index contributed by atoms with van der Waals surface area (Å²) in [5.74, 6) is 0. The van der Waals surface area contributed by atoms with E-state index in [4.69, 9.17) is 9.84 Å². The largest absolute Gasteiger partial charge is 0.391 e. The molecule has 1 saturated heterocycles. The number of thiophene rings is 1. The Morgan fingerprint density at radius 2 is 2.39 bits per heavy atom. The summed E-state index contributed by atoms with van der Waals surface area (Å²) in [4.78, 5) is 0.874. The summed E-state index contributed by atoms with van der Waals surface area (Å²) >= 11 is 1.24. The minimum Gasteiger partial charge on any atom is -0.391 e. The number of aliphatic hydroxyl groups excluding tert-OH is 1. The zero-order chi connectivity index (χ0) is 13.0. The fourth-order valence-electron chi connectivity index (χ4n) is 1.89. The Morgan fingerprint density at radius 3 is 3.00 bits per heavy atom. The summed E-state index contributed by atoms with van der Waals surface area (Å²) in [6.07, 6.45) is 2.95. The molecule has 1 fully saturated rings. The standard InChI is InChI=1S/C11H17NO4S2/c13-7-10-6-11(8-17-10)18(14,15)12-4-3-9-2-1-5-16-9/h6,8-9,12-13H,1-5,7H2. The Labute approximate surface area is 111 Å². The number of hydrogen-bond donors (Lipinski definition) is 2. The Morgan fingerprint density at radius 1 is 1.56 bits per heavy atom. The topological polar surface area (TPSA) is 75.6 Å². The first kappa shape index (κ1) is 14.0. The molecule has 0 bridgehead atoms. The number of aliphatic hydroxyl groups is 1. The highest BCUT2D eigenvalue weighted by atomic mass is 32.2. The molecule has 0 radical (unpaired) electrons. The highest BCUT2D eigenvalue weighted by Crippen LogP contribution is 2.19. The number of ether oxygens (including phenoxy) is 1. The van der Waals surface area contributed by atoms with E-state index < -0.39 is 10.0 Å². The van der Waals surface area contributed by atoms with Crippen molar-refractivity contribution in [3.63, 3.8) is 0 Å². The fraction of sp³-hybridized carbons (Fsp3) is 0.636. The van der Waals surface area contributed by atoms with Gasteiger partial charge in [0.1, 0.15) is 0 Å². The molecule has 0 aromatic carbocycles. The molecule has 18 heavy (non-hydrogen) atoms. The molecule has 7 heteroatoms. The van der Waals surface area contributed by atoms with Gasteiger partial charge >= 0.3 is 0 Å². The lowest BCUT2D eigenvalue weighted by atomic mass is 10.2. The number of nitrogens with one attached hydrogen (secondary N) is 1. The average Bonchev–Trinajstić information content (AvgIpc) is 2.99. The van der Waals surface area contributed by atoms with E-state index in [1.807, 2.05) is 0 Å². The van der Waals surface area contributed by atoms with Crippen LogP contribution in [0.1, 0.15) is 24.1 Å². The molecule has 1 aromatic heterocycles. The van der Waals surface area contributed by atoms with Crippen LogP contribution in [0.2, 0.25) is 0 Å². The average molecular weight is 291 g/mol. The number of rotatable bonds is 6. The van der Waals surface area contributed by atoms with E-state index in [1.54, 1.807) is 5.38 Å². The maximum absolute atomic E-state index is 11.9. The van der Waals surface area contributed by atoms with Gasteiger partial charge in [-0.15, -0.1) is 11.3 Å². The minimum absolute atomic E-state index is 0.129. The third kappa shape index (κ3) is 3.52. The second-order valence-corrected chi connectivity index (χ2v) is 6.99. The van der Waals surface area contributed by atoms with Gasteiger partial charge in [0, 0.05) is 23.4 Å². The molecule has 0 amide bonds. The monoisotopic (exact) mass is 291 g/mol. The summed E-state index contributed by atoms with van der Waals surface area (Å²) in [5, 5.41) is 10.5. The summed E-state index contributed by atoms with van der Waals surface area (Å²) in [6, 6.07) is 1.50. The van der Waals surface area contributed by atoms with Gasteiger partial charge in [-0.2, -0.15) is 0 Å². The maximum atomic E-state index is 11.9. The Bertz CT molecular complexity index is 477. The van der Waals surface area contributed by atoms with E-state index in [1.165, 1.54) is 17.4 Å². The first-order valence-electron chi connectivity index (χ1n) is 5.91. The van der Waals surface area contributed by atoms with E-state index >= 15 is 0 Å². The van der Waals surface area contributed by atoms with E-state index in [0.717, 1.165) is 19.4 Å². The molecule has 0 saturated carbocycles. The van der Waals surface area contributed by atoms with Crippen molar-refractivity contribution >= 4 is 21.4 Å². The van der Waals surface area contributed by atoms with E-state index in [0.29, 0.717) is 17.8 Å². The Balaban J connectivity index is 1.86. The van der Waals surface area contributed by atoms with Crippen LogP contribution in [0.15, 0.2) is 16.3 Å². The van der Waals surface area contributed by atoms with Gasteiger partial charge in [0.2, 0.25) is 10.0 Å². The lowest BCUT2D eigenvalue weighted by molar-refractivity contribution is 0.105. The molecule has 1 aromatic rings. The van der Waals surface area contributed by atoms with Gasteiger partial charge < -0.3 is 9.84 Å². The van der Waals surface area contributed by atoms with Crippen LogP contribution in [-0.2, 0) is 21.4 Å². The predicted molar refractivity (Wildman–Crippen MR) is 69.0 cm³/mol. The summed E-state index contributed by atoms with van der Waals surface area (Å²) in [5.41, 5.74) is 0. The first-order valence-corrected chi connectivity index (χ1v) is 8.27. The van der Waals surface area contributed by atoms with Crippen LogP contribution in [0.3, 0.4) is 0 Å². The van der Waals surface area contributed by atoms with Gasteiger partial charge in [0.05, 0.1) is 17.6 Å². The van der Waals surface area contributed by atoms with Crippen LogP contribution in [-0.4, -0.2) is 32.8 Å². The molecule has 1 aliphatic heterocycles. The summed E-state index contributed by atoms with van der Waals surface area (Å²) in [6.45, 7) is 1.04. The third-order valence-electron chi connectivity index (χ3n) is 2.88. The van der Waals surface area contributed by atoms with Gasteiger partial charge in [-0.1, -0.05) is 0 Å². The van der Waals surface area contributed by atoms with Gasteiger partial charge in [0.15, 0.2) is 0 Å². The molecule has 2 N–H and O–H groups in total. The minimum atomic E-state index is -3.45. The van der Waals surface area contributed by atoms with Crippen LogP contribution in [0.4, 0.5) is 0 Å². The highest BCUT2D eigenvalue weighted by molar-refractivity contribution is 7.89. The van der Waals surface area contributed by atoms with Gasteiger partial charge in [-0.05, 0) is 25.3 Å². The van der Waals surface area contributed by atoms with Crippen LogP contribution in [0.5, 0.6) is 0 Å². The molecule has 102 valence electrons. The molecular formula is C11H17NO4S2. The molecule has 0 spiro atoms. The van der Waals surface area contributed by atoms with Crippen molar-refractivity contribution in [1.82, 2.24) is 4.72 Å². The van der Waals surface area contributed by atoms with Crippen LogP contribution in [0.25, 0.3) is 0 Å². The van der Waals surface area contributed by atoms with Crippen molar-refractivity contribution in [2.45, 2.75) is 36.9 Å². The fourth-order valence-corrected chi connectivity index (χ4v) is 4.08. The van der Waals surface area contributed by atoms with Crippen molar-refractivity contribution in [3.05, 3.63) is 16.3 Å². The predicted octanol–water partition coefficient (Wildman–Crippen LogP) is 1.09. The SMILES string of the molecule is O=S(=O)(NCCC1CCCO1)c1csc(CO)c1. The second kappa shape index (κ2) is 6.12. The molecule has 5 nitrogen and oxygen atoms in total. The van der Waals surface area contributed by atoms with Crippen molar-refractivity contribution in [2.75, 3.05) is 13.2 Å². The smallest absolute Gasteiger partial charge is 0.241 e. The van der Waals surface area contributed by atoms with Gasteiger partial charge in [-0.3, -0.25) is 0 Å². The number of hydrogen-bond acceptors (Lipinski definition) is 5. The Kier molecular flexibility index (Phi) is 4.74. The molecule has 0 aliphatic carbocycles. The summed E-state index contributed by atoms with van der Waals surface area (Å²) < 4.78 is 31.8. The number of sulfonamides is 1. The summed E-state index contributed by atoms with van der Waals surface area (Å²) in [7, 11) is -3.45.